The Bertz CT molecular complexity index is 1140. The Balaban J connectivity index is 1.36. The maximum Gasteiger partial charge on any atom is 0.273 e. The van der Waals surface area contributed by atoms with Gasteiger partial charge in [-0.25, -0.2) is 9.97 Å². The average Bonchev–Trinajstić information content (AvgIpc) is 3.43. The van der Waals surface area contributed by atoms with Crippen LogP contribution in [-0.4, -0.2) is 49.0 Å². The fourth-order valence-corrected chi connectivity index (χ4v) is 3.49. The van der Waals surface area contributed by atoms with E-state index in [9.17, 15) is 4.79 Å². The Morgan fingerprint density at radius 2 is 1.86 bits per heavy atom. The summed E-state index contributed by atoms with van der Waals surface area (Å²) >= 11 is 0. The SMILES string of the molecule is O=C(c1nccc2ccccc12)N1CC[C@H](c2nc(-c3ncccn3)no2)C1. The van der Waals surface area contributed by atoms with E-state index in [2.05, 4.69) is 25.1 Å². The summed E-state index contributed by atoms with van der Waals surface area (Å²) in [5, 5.41) is 5.83. The second-order valence-corrected chi connectivity index (χ2v) is 6.65. The first-order valence-electron chi connectivity index (χ1n) is 9.03. The van der Waals surface area contributed by atoms with Crippen LogP contribution in [0.4, 0.5) is 0 Å². The number of amides is 1. The van der Waals surface area contributed by atoms with Crippen molar-refractivity contribution in [3.8, 4) is 11.6 Å². The molecule has 138 valence electrons. The molecule has 1 saturated heterocycles. The molecule has 0 radical (unpaired) electrons. The molecule has 28 heavy (non-hydrogen) atoms. The number of benzene rings is 1. The summed E-state index contributed by atoms with van der Waals surface area (Å²) in [7, 11) is 0. The zero-order valence-corrected chi connectivity index (χ0v) is 14.9. The number of hydrogen-bond donors (Lipinski definition) is 0. The van der Waals surface area contributed by atoms with Gasteiger partial charge in [0.1, 0.15) is 5.69 Å². The van der Waals surface area contributed by atoms with E-state index in [1.54, 1.807) is 29.6 Å². The average molecular weight is 372 g/mol. The Morgan fingerprint density at radius 1 is 1.00 bits per heavy atom. The molecule has 0 bridgehead atoms. The van der Waals surface area contributed by atoms with Gasteiger partial charge in [0.2, 0.25) is 17.5 Å². The Kier molecular flexibility index (Phi) is 4.01. The lowest BCUT2D eigenvalue weighted by Gasteiger charge is -2.16. The summed E-state index contributed by atoms with van der Waals surface area (Å²) in [6.07, 6.45) is 5.69. The van der Waals surface area contributed by atoms with E-state index in [4.69, 9.17) is 4.52 Å². The fourth-order valence-electron chi connectivity index (χ4n) is 3.49. The highest BCUT2D eigenvalue weighted by molar-refractivity contribution is 6.05. The van der Waals surface area contributed by atoms with Crippen molar-refractivity contribution in [1.29, 1.82) is 0 Å². The topological polar surface area (TPSA) is 97.9 Å². The van der Waals surface area contributed by atoms with Gasteiger partial charge in [0.25, 0.3) is 5.91 Å². The molecule has 0 unspecified atom stereocenters. The van der Waals surface area contributed by atoms with Gasteiger partial charge in [-0.2, -0.15) is 4.98 Å². The third-order valence-corrected chi connectivity index (χ3v) is 4.91. The van der Waals surface area contributed by atoms with Gasteiger partial charge in [0.05, 0.1) is 5.92 Å². The van der Waals surface area contributed by atoms with Crippen LogP contribution in [0.3, 0.4) is 0 Å². The van der Waals surface area contributed by atoms with E-state index in [0.29, 0.717) is 36.3 Å². The van der Waals surface area contributed by atoms with Crippen molar-refractivity contribution in [1.82, 2.24) is 30.0 Å². The van der Waals surface area contributed by atoms with E-state index in [-0.39, 0.29) is 11.8 Å². The Labute approximate surface area is 160 Å². The summed E-state index contributed by atoms with van der Waals surface area (Å²) in [6.45, 7) is 1.13. The molecule has 0 saturated carbocycles. The fraction of sp³-hybridized carbons (Fsp3) is 0.200. The molecule has 1 fully saturated rings. The summed E-state index contributed by atoms with van der Waals surface area (Å²) in [4.78, 5) is 31.9. The number of pyridine rings is 1. The molecule has 1 amide bonds. The molecule has 5 rings (SSSR count). The number of carbonyl (C=O) groups is 1. The molecular formula is C20H16N6O2. The number of rotatable bonds is 3. The molecular weight excluding hydrogens is 356 g/mol. The maximum atomic E-state index is 13.0. The van der Waals surface area contributed by atoms with Crippen LogP contribution in [0.25, 0.3) is 22.4 Å². The molecule has 8 nitrogen and oxygen atoms in total. The predicted octanol–water partition coefficient (Wildman–Crippen LogP) is 2.70. The summed E-state index contributed by atoms with van der Waals surface area (Å²) in [5.74, 6) is 1.19. The van der Waals surface area contributed by atoms with Crippen molar-refractivity contribution in [2.24, 2.45) is 0 Å². The van der Waals surface area contributed by atoms with Crippen LogP contribution < -0.4 is 0 Å². The van der Waals surface area contributed by atoms with E-state index in [1.807, 2.05) is 30.3 Å². The van der Waals surface area contributed by atoms with Gasteiger partial charge in [0.15, 0.2) is 0 Å². The minimum absolute atomic E-state index is 0.0103. The Hall–Kier alpha value is -3.68. The molecule has 1 aliphatic heterocycles. The first-order chi connectivity index (χ1) is 13.8. The first kappa shape index (κ1) is 16.5. The van der Waals surface area contributed by atoms with Gasteiger partial charge in [-0.05, 0) is 23.9 Å². The van der Waals surface area contributed by atoms with E-state index in [0.717, 1.165) is 17.2 Å². The van der Waals surface area contributed by atoms with Crippen LogP contribution in [0.2, 0.25) is 0 Å². The normalized spacial score (nSPS) is 16.6. The highest BCUT2D eigenvalue weighted by atomic mass is 16.5. The standard InChI is InChI=1S/C20H16N6O2/c27-20(16-15-5-2-1-4-13(15)6-10-21-16)26-11-7-14(12-26)19-24-18(25-28-19)17-22-8-3-9-23-17/h1-6,8-10,14H,7,11-12H2/t14-/m0/s1. The molecule has 4 aromatic rings. The van der Waals surface area contributed by atoms with Crippen molar-refractivity contribution in [2.75, 3.05) is 13.1 Å². The molecule has 0 aliphatic carbocycles. The number of carbonyl (C=O) groups excluding carboxylic acids is 1. The number of fused-ring (bicyclic) bond motifs is 1. The van der Waals surface area contributed by atoms with Gasteiger partial charge in [-0.15, -0.1) is 0 Å². The zero-order valence-electron chi connectivity index (χ0n) is 14.9. The van der Waals surface area contributed by atoms with Crippen molar-refractivity contribution >= 4 is 16.7 Å². The van der Waals surface area contributed by atoms with Crippen LogP contribution in [0, 0.1) is 0 Å². The minimum Gasteiger partial charge on any atom is -0.338 e. The monoisotopic (exact) mass is 372 g/mol. The first-order valence-corrected chi connectivity index (χ1v) is 9.03. The van der Waals surface area contributed by atoms with E-state index >= 15 is 0 Å². The quantitative estimate of drug-likeness (QED) is 0.545. The smallest absolute Gasteiger partial charge is 0.273 e. The van der Waals surface area contributed by atoms with Crippen molar-refractivity contribution < 1.29 is 9.32 Å². The van der Waals surface area contributed by atoms with E-state index < -0.39 is 0 Å². The molecule has 4 heterocycles. The third kappa shape index (κ3) is 2.88. The largest absolute Gasteiger partial charge is 0.338 e. The summed E-state index contributed by atoms with van der Waals surface area (Å²) in [6, 6.07) is 11.4. The van der Waals surface area contributed by atoms with Crippen LogP contribution in [-0.2, 0) is 0 Å². The van der Waals surface area contributed by atoms with Gasteiger partial charge >= 0.3 is 0 Å². The van der Waals surface area contributed by atoms with Crippen LogP contribution in [0.1, 0.15) is 28.7 Å². The van der Waals surface area contributed by atoms with Crippen molar-refractivity contribution in [3.05, 3.63) is 66.6 Å². The number of aromatic nitrogens is 5. The van der Waals surface area contributed by atoms with Crippen LogP contribution in [0.15, 0.2) is 59.5 Å². The highest BCUT2D eigenvalue weighted by Gasteiger charge is 2.32. The maximum absolute atomic E-state index is 13.0. The van der Waals surface area contributed by atoms with Gasteiger partial charge < -0.3 is 9.42 Å². The molecule has 1 atom stereocenters. The lowest BCUT2D eigenvalue weighted by atomic mass is 10.1. The van der Waals surface area contributed by atoms with Crippen LogP contribution >= 0.6 is 0 Å². The lowest BCUT2D eigenvalue weighted by molar-refractivity contribution is 0.0786. The predicted molar refractivity (Wildman–Crippen MR) is 100 cm³/mol. The Morgan fingerprint density at radius 3 is 2.75 bits per heavy atom. The zero-order chi connectivity index (χ0) is 18.9. The number of hydrogen-bond acceptors (Lipinski definition) is 7. The summed E-state index contributed by atoms with van der Waals surface area (Å²) < 4.78 is 5.41. The molecule has 1 aromatic carbocycles. The van der Waals surface area contributed by atoms with Crippen molar-refractivity contribution in [2.45, 2.75) is 12.3 Å². The number of likely N-dealkylation sites (tertiary alicyclic amines) is 1. The molecule has 8 heteroatoms. The molecule has 3 aromatic heterocycles. The second-order valence-electron chi connectivity index (χ2n) is 6.65. The highest BCUT2D eigenvalue weighted by Crippen LogP contribution is 2.29. The van der Waals surface area contributed by atoms with Gasteiger partial charge in [-0.1, -0.05) is 29.4 Å². The summed E-state index contributed by atoms with van der Waals surface area (Å²) in [5.41, 5.74) is 0.475. The second kappa shape index (κ2) is 6.80. The molecule has 0 spiro atoms. The van der Waals surface area contributed by atoms with Gasteiger partial charge in [0, 0.05) is 37.1 Å². The minimum atomic E-state index is -0.0783. The van der Waals surface area contributed by atoms with E-state index in [1.165, 1.54) is 0 Å². The molecule has 1 aliphatic rings. The number of nitrogens with zero attached hydrogens (tertiary/aromatic N) is 6. The third-order valence-electron chi connectivity index (χ3n) is 4.91. The van der Waals surface area contributed by atoms with Crippen molar-refractivity contribution in [3.63, 3.8) is 0 Å². The lowest BCUT2D eigenvalue weighted by Crippen LogP contribution is -2.29. The van der Waals surface area contributed by atoms with Gasteiger partial charge in [-0.3, -0.25) is 9.78 Å². The van der Waals surface area contributed by atoms with Crippen LogP contribution in [0.5, 0.6) is 0 Å². The molecule has 0 N–H and O–H groups in total.